The van der Waals surface area contributed by atoms with Crippen LogP contribution in [0.3, 0.4) is 0 Å². The second-order valence-electron chi connectivity index (χ2n) is 12.3. The van der Waals surface area contributed by atoms with Gasteiger partial charge in [-0.15, -0.1) is 0 Å². The van der Waals surface area contributed by atoms with E-state index in [1.807, 2.05) is 0 Å². The molecule has 1 fully saturated rings. The summed E-state index contributed by atoms with van der Waals surface area (Å²) >= 11 is 0. The average molecular weight is 520 g/mol. The Morgan fingerprint density at radius 2 is 1.71 bits per heavy atom. The van der Waals surface area contributed by atoms with Gasteiger partial charge in [-0.25, -0.2) is 14.5 Å². The molecule has 35 heavy (non-hydrogen) atoms. The first kappa shape index (κ1) is 27.7. The highest BCUT2D eigenvalue weighted by Gasteiger charge is 2.48. The van der Waals surface area contributed by atoms with Gasteiger partial charge in [-0.2, -0.15) is 10.1 Å². The minimum Gasteiger partial charge on any atom is -0.414 e. The van der Waals surface area contributed by atoms with E-state index < -0.39 is 28.6 Å². The standard InChI is InChI=1S/C24H41N5O4Si2/c1-17-20(33-35(10,11)24(5,6)7)18(14-31-34(8,9)23(2,3)4)32-21(17)28-13-12-19(27-22(28)30)29-16-25-15-26-29/h12-13,15-16,18,20-21H,1,14H2,2-11H3/t18-,20+,21-/m1/s1. The Hall–Kier alpha value is -1.93. The maximum atomic E-state index is 13.0. The molecule has 3 rings (SSSR count). The highest BCUT2D eigenvalue weighted by atomic mass is 28.4. The van der Waals surface area contributed by atoms with E-state index in [0.717, 1.165) is 0 Å². The summed E-state index contributed by atoms with van der Waals surface area (Å²) in [5, 5.41) is 4.12. The van der Waals surface area contributed by atoms with Crippen LogP contribution in [0.4, 0.5) is 0 Å². The lowest BCUT2D eigenvalue weighted by atomic mass is 10.1. The molecule has 0 saturated carbocycles. The zero-order valence-corrected chi connectivity index (χ0v) is 24.8. The number of ether oxygens (including phenoxy) is 1. The van der Waals surface area contributed by atoms with Crippen LogP contribution in [-0.4, -0.2) is 59.8 Å². The SMILES string of the molecule is C=C1[C@H](n2ccc(-n3cncn3)nc2=O)O[C@H](CO[Si](C)(C)C(C)(C)C)[C@H]1O[Si](C)(C)C(C)(C)C. The van der Waals surface area contributed by atoms with Gasteiger partial charge in [-0.3, -0.25) is 4.57 Å². The molecule has 1 aliphatic heterocycles. The Balaban J connectivity index is 1.92. The Kier molecular flexibility index (Phi) is 7.51. The number of rotatable bonds is 7. The zero-order chi connectivity index (χ0) is 26.4. The van der Waals surface area contributed by atoms with E-state index in [9.17, 15) is 4.79 Å². The van der Waals surface area contributed by atoms with Gasteiger partial charge in [0.25, 0.3) is 0 Å². The van der Waals surface area contributed by atoms with E-state index in [2.05, 4.69) is 89.4 Å². The molecule has 2 aromatic heterocycles. The fraction of sp³-hybridized carbons (Fsp3) is 0.667. The van der Waals surface area contributed by atoms with Crippen LogP contribution in [0.1, 0.15) is 47.8 Å². The molecule has 0 aliphatic carbocycles. The lowest BCUT2D eigenvalue weighted by molar-refractivity contribution is -0.0396. The van der Waals surface area contributed by atoms with Crippen molar-refractivity contribution in [2.75, 3.05) is 6.61 Å². The lowest BCUT2D eigenvalue weighted by Crippen LogP contribution is -2.48. The Morgan fingerprint density at radius 1 is 1.09 bits per heavy atom. The summed E-state index contributed by atoms with van der Waals surface area (Å²) in [5.41, 5.74) is 0.247. The van der Waals surface area contributed by atoms with Crippen LogP contribution in [-0.2, 0) is 13.6 Å². The molecule has 0 bridgehead atoms. The second-order valence-corrected chi connectivity index (χ2v) is 21.9. The van der Waals surface area contributed by atoms with Gasteiger partial charge in [0, 0.05) is 11.8 Å². The van der Waals surface area contributed by atoms with Crippen LogP contribution in [0.25, 0.3) is 5.82 Å². The molecule has 0 amide bonds. The minimum absolute atomic E-state index is 0.00798. The molecule has 3 atom stereocenters. The summed E-state index contributed by atoms with van der Waals surface area (Å²) in [6.07, 6.45) is 3.09. The highest BCUT2D eigenvalue weighted by molar-refractivity contribution is 6.74. The van der Waals surface area contributed by atoms with Crippen LogP contribution < -0.4 is 5.69 Å². The summed E-state index contributed by atoms with van der Waals surface area (Å²) < 4.78 is 22.7. The third-order valence-corrected chi connectivity index (χ3v) is 16.6. The summed E-state index contributed by atoms with van der Waals surface area (Å²) in [4.78, 5) is 21.1. The van der Waals surface area contributed by atoms with Crippen molar-refractivity contribution in [3.63, 3.8) is 0 Å². The van der Waals surface area contributed by atoms with Crippen LogP contribution in [0.5, 0.6) is 0 Å². The van der Waals surface area contributed by atoms with E-state index in [0.29, 0.717) is 18.0 Å². The minimum atomic E-state index is -2.16. The molecule has 0 spiro atoms. The summed E-state index contributed by atoms with van der Waals surface area (Å²) in [6.45, 7) is 26.8. The van der Waals surface area contributed by atoms with Crippen molar-refractivity contribution in [1.29, 1.82) is 0 Å². The molecule has 11 heteroatoms. The number of nitrogens with zero attached hydrogens (tertiary/aromatic N) is 5. The van der Waals surface area contributed by atoms with Gasteiger partial charge >= 0.3 is 5.69 Å². The number of hydrogen-bond donors (Lipinski definition) is 0. The summed E-state index contributed by atoms with van der Waals surface area (Å²) in [5.74, 6) is 0.388. The topological polar surface area (TPSA) is 93.3 Å². The average Bonchev–Trinajstić information content (AvgIpc) is 3.34. The predicted octanol–water partition coefficient (Wildman–Crippen LogP) is 4.69. The predicted molar refractivity (Wildman–Crippen MR) is 142 cm³/mol. The monoisotopic (exact) mass is 519 g/mol. The van der Waals surface area contributed by atoms with Crippen molar-refractivity contribution in [3.05, 3.63) is 47.6 Å². The van der Waals surface area contributed by atoms with Crippen molar-refractivity contribution >= 4 is 16.6 Å². The van der Waals surface area contributed by atoms with Gasteiger partial charge in [0.2, 0.25) is 0 Å². The molecule has 3 heterocycles. The quantitative estimate of drug-likeness (QED) is 0.387. The first-order chi connectivity index (χ1) is 15.9. The molecule has 194 valence electrons. The van der Waals surface area contributed by atoms with E-state index in [-0.39, 0.29) is 22.3 Å². The first-order valence-corrected chi connectivity index (χ1v) is 17.9. The number of aromatic nitrogens is 5. The van der Waals surface area contributed by atoms with Crippen molar-refractivity contribution in [3.8, 4) is 5.82 Å². The molecule has 2 aromatic rings. The lowest BCUT2D eigenvalue weighted by Gasteiger charge is -2.40. The van der Waals surface area contributed by atoms with Gasteiger partial charge < -0.3 is 13.6 Å². The number of hydrogen-bond acceptors (Lipinski definition) is 7. The van der Waals surface area contributed by atoms with Crippen LogP contribution in [0.2, 0.25) is 36.3 Å². The van der Waals surface area contributed by atoms with E-state index >= 15 is 0 Å². The first-order valence-electron chi connectivity index (χ1n) is 12.0. The van der Waals surface area contributed by atoms with Gasteiger partial charge in [0.05, 0.1) is 12.7 Å². The fourth-order valence-corrected chi connectivity index (χ4v) is 5.57. The Labute approximate surface area is 210 Å². The third-order valence-electron chi connectivity index (χ3n) is 7.69. The molecule has 9 nitrogen and oxygen atoms in total. The smallest absolute Gasteiger partial charge is 0.351 e. The van der Waals surface area contributed by atoms with E-state index in [4.69, 9.17) is 13.6 Å². The summed E-state index contributed by atoms with van der Waals surface area (Å²) in [6, 6.07) is 1.70. The van der Waals surface area contributed by atoms with Crippen LogP contribution >= 0.6 is 0 Å². The normalized spacial score (nSPS) is 22.1. The van der Waals surface area contributed by atoms with Crippen molar-refractivity contribution in [2.24, 2.45) is 0 Å². The highest BCUT2D eigenvalue weighted by Crippen LogP contribution is 2.43. The van der Waals surface area contributed by atoms with Crippen molar-refractivity contribution in [2.45, 2.75) is 96.2 Å². The molecular formula is C24H41N5O4Si2. The Bertz CT molecular complexity index is 1100. The Morgan fingerprint density at radius 3 is 2.23 bits per heavy atom. The molecular weight excluding hydrogens is 478 g/mol. The van der Waals surface area contributed by atoms with Crippen LogP contribution in [0, 0.1) is 0 Å². The van der Waals surface area contributed by atoms with Gasteiger partial charge in [0.1, 0.15) is 18.8 Å². The van der Waals surface area contributed by atoms with E-state index in [1.165, 1.54) is 21.9 Å². The maximum absolute atomic E-state index is 13.0. The third kappa shape index (κ3) is 5.74. The van der Waals surface area contributed by atoms with Gasteiger partial charge in [0.15, 0.2) is 28.7 Å². The zero-order valence-electron chi connectivity index (χ0n) is 22.8. The summed E-state index contributed by atoms with van der Waals surface area (Å²) in [7, 11) is -4.18. The molecule has 0 unspecified atom stereocenters. The molecule has 1 aliphatic rings. The largest absolute Gasteiger partial charge is 0.414 e. The fourth-order valence-electron chi connectivity index (χ4n) is 3.26. The van der Waals surface area contributed by atoms with Crippen molar-refractivity contribution in [1.82, 2.24) is 24.3 Å². The molecule has 0 N–H and O–H groups in total. The van der Waals surface area contributed by atoms with Crippen LogP contribution in [0.15, 0.2) is 41.9 Å². The molecule has 0 aromatic carbocycles. The molecule has 1 saturated heterocycles. The second kappa shape index (κ2) is 9.51. The van der Waals surface area contributed by atoms with Gasteiger partial charge in [-0.1, -0.05) is 48.1 Å². The molecule has 0 radical (unpaired) electrons. The maximum Gasteiger partial charge on any atom is 0.351 e. The van der Waals surface area contributed by atoms with Crippen molar-refractivity contribution < 1.29 is 13.6 Å². The van der Waals surface area contributed by atoms with E-state index in [1.54, 1.807) is 12.3 Å². The van der Waals surface area contributed by atoms with Gasteiger partial charge in [-0.05, 0) is 42.3 Å².